The lowest BCUT2D eigenvalue weighted by molar-refractivity contribution is 0.252. The molecule has 1 heterocycles. The first-order valence-electron chi connectivity index (χ1n) is 3.50. The number of aliphatic hydroxyl groups excluding tert-OH is 1. The quantitative estimate of drug-likeness (QED) is 0.593. The average molecular weight is 139 g/mol. The van der Waals surface area contributed by atoms with Gasteiger partial charge in [-0.2, -0.15) is 0 Å². The molecule has 0 aromatic heterocycles. The van der Waals surface area contributed by atoms with Gasteiger partial charge in [-0.05, 0) is 25.6 Å². The number of dihydropyridines is 1. The monoisotopic (exact) mass is 139 g/mol. The zero-order chi connectivity index (χ0) is 7.45. The van der Waals surface area contributed by atoms with Gasteiger partial charge in [0.1, 0.15) is 0 Å². The smallest absolute Gasteiger partial charge is 0.0547 e. The molecule has 1 unspecified atom stereocenters. The highest BCUT2D eigenvalue weighted by Crippen LogP contribution is 2.13. The maximum atomic E-state index is 8.69. The van der Waals surface area contributed by atoms with E-state index in [1.165, 1.54) is 0 Å². The SMILES string of the molecule is CC1(CCO)C=CC=CN1. The van der Waals surface area contributed by atoms with Crippen molar-refractivity contribution in [3.8, 4) is 0 Å². The first-order valence-corrected chi connectivity index (χ1v) is 3.50. The van der Waals surface area contributed by atoms with Crippen molar-refractivity contribution >= 4 is 0 Å². The molecule has 0 radical (unpaired) electrons. The molecule has 56 valence electrons. The van der Waals surface area contributed by atoms with Crippen LogP contribution in [0.4, 0.5) is 0 Å². The van der Waals surface area contributed by atoms with E-state index in [2.05, 4.69) is 18.3 Å². The molecule has 2 heteroatoms. The van der Waals surface area contributed by atoms with Crippen LogP contribution >= 0.6 is 0 Å². The van der Waals surface area contributed by atoms with Gasteiger partial charge in [-0.3, -0.25) is 0 Å². The van der Waals surface area contributed by atoms with Crippen molar-refractivity contribution in [1.82, 2.24) is 5.32 Å². The third-order valence-electron chi connectivity index (χ3n) is 1.72. The molecule has 0 aliphatic carbocycles. The van der Waals surface area contributed by atoms with Crippen molar-refractivity contribution in [2.75, 3.05) is 6.61 Å². The summed E-state index contributed by atoms with van der Waals surface area (Å²) in [4.78, 5) is 0. The summed E-state index contributed by atoms with van der Waals surface area (Å²) in [7, 11) is 0. The minimum Gasteiger partial charge on any atom is -0.396 e. The summed E-state index contributed by atoms with van der Waals surface area (Å²) in [5.74, 6) is 0. The Morgan fingerprint density at radius 2 is 2.30 bits per heavy atom. The summed E-state index contributed by atoms with van der Waals surface area (Å²) in [6.07, 6.45) is 8.65. The summed E-state index contributed by atoms with van der Waals surface area (Å²) in [6, 6.07) is 0. The van der Waals surface area contributed by atoms with Crippen LogP contribution in [0.3, 0.4) is 0 Å². The van der Waals surface area contributed by atoms with Gasteiger partial charge in [0, 0.05) is 6.61 Å². The molecule has 1 aliphatic heterocycles. The van der Waals surface area contributed by atoms with Gasteiger partial charge in [-0.1, -0.05) is 12.2 Å². The number of hydrogen-bond acceptors (Lipinski definition) is 2. The second-order valence-electron chi connectivity index (χ2n) is 2.75. The van der Waals surface area contributed by atoms with Crippen molar-refractivity contribution in [3.63, 3.8) is 0 Å². The number of rotatable bonds is 2. The van der Waals surface area contributed by atoms with Crippen LogP contribution in [0.2, 0.25) is 0 Å². The topological polar surface area (TPSA) is 32.3 Å². The van der Waals surface area contributed by atoms with Gasteiger partial charge >= 0.3 is 0 Å². The molecule has 0 bridgehead atoms. The Bertz CT molecular complexity index is 163. The van der Waals surface area contributed by atoms with E-state index in [0.29, 0.717) is 0 Å². The second kappa shape index (κ2) is 2.88. The van der Waals surface area contributed by atoms with Gasteiger partial charge in [0.2, 0.25) is 0 Å². The van der Waals surface area contributed by atoms with Crippen molar-refractivity contribution in [3.05, 3.63) is 24.4 Å². The highest BCUT2D eigenvalue weighted by Gasteiger charge is 2.18. The van der Waals surface area contributed by atoms with E-state index in [4.69, 9.17) is 5.11 Å². The van der Waals surface area contributed by atoms with E-state index in [0.717, 1.165) is 6.42 Å². The number of nitrogens with one attached hydrogen (secondary N) is 1. The van der Waals surface area contributed by atoms with E-state index in [1.54, 1.807) is 0 Å². The molecule has 0 saturated heterocycles. The van der Waals surface area contributed by atoms with E-state index in [1.807, 2.05) is 18.4 Å². The summed E-state index contributed by atoms with van der Waals surface area (Å²) in [6.45, 7) is 2.28. The van der Waals surface area contributed by atoms with Crippen LogP contribution in [0.25, 0.3) is 0 Å². The predicted octanol–water partition coefficient (Wildman–Crippen LogP) is 0.801. The van der Waals surface area contributed by atoms with Gasteiger partial charge in [-0.15, -0.1) is 0 Å². The number of aliphatic hydroxyl groups is 1. The molecule has 2 nitrogen and oxygen atoms in total. The third-order valence-corrected chi connectivity index (χ3v) is 1.72. The highest BCUT2D eigenvalue weighted by atomic mass is 16.3. The second-order valence-corrected chi connectivity index (χ2v) is 2.75. The van der Waals surface area contributed by atoms with Crippen LogP contribution in [0, 0.1) is 0 Å². The minimum absolute atomic E-state index is 0.0382. The summed E-state index contributed by atoms with van der Waals surface area (Å²) in [5, 5.41) is 11.9. The molecular formula is C8H13NO. The molecule has 0 amide bonds. The molecule has 0 aromatic carbocycles. The van der Waals surface area contributed by atoms with Crippen LogP contribution in [-0.4, -0.2) is 17.3 Å². The largest absolute Gasteiger partial charge is 0.396 e. The molecule has 0 aromatic rings. The normalized spacial score (nSPS) is 30.2. The zero-order valence-electron chi connectivity index (χ0n) is 6.17. The van der Waals surface area contributed by atoms with Crippen LogP contribution in [0.15, 0.2) is 24.4 Å². The van der Waals surface area contributed by atoms with Crippen LogP contribution in [0.1, 0.15) is 13.3 Å². The fourth-order valence-electron chi connectivity index (χ4n) is 0.998. The molecule has 1 rings (SSSR count). The average Bonchev–Trinajstić information content (AvgIpc) is 1.89. The maximum absolute atomic E-state index is 8.69. The Kier molecular flexibility index (Phi) is 2.12. The van der Waals surface area contributed by atoms with Crippen molar-refractivity contribution < 1.29 is 5.11 Å². The van der Waals surface area contributed by atoms with E-state index in [9.17, 15) is 0 Å². The first kappa shape index (κ1) is 7.35. The first-order chi connectivity index (χ1) is 4.77. The molecule has 0 fully saturated rings. The Labute approximate surface area is 61.3 Å². The van der Waals surface area contributed by atoms with Crippen LogP contribution < -0.4 is 5.32 Å². The fourth-order valence-corrected chi connectivity index (χ4v) is 0.998. The van der Waals surface area contributed by atoms with Gasteiger partial charge < -0.3 is 10.4 Å². The van der Waals surface area contributed by atoms with E-state index < -0.39 is 0 Å². The Morgan fingerprint density at radius 3 is 2.80 bits per heavy atom. The predicted molar refractivity (Wildman–Crippen MR) is 41.5 cm³/mol. The summed E-state index contributed by atoms with van der Waals surface area (Å²) in [5.41, 5.74) is -0.0382. The van der Waals surface area contributed by atoms with E-state index >= 15 is 0 Å². The summed E-state index contributed by atoms with van der Waals surface area (Å²) < 4.78 is 0. The van der Waals surface area contributed by atoms with Gasteiger partial charge in [0.05, 0.1) is 5.54 Å². The van der Waals surface area contributed by atoms with Gasteiger partial charge in [0.25, 0.3) is 0 Å². The Balaban J connectivity index is 2.52. The summed E-state index contributed by atoms with van der Waals surface area (Å²) >= 11 is 0. The molecule has 2 N–H and O–H groups in total. The fraction of sp³-hybridized carbons (Fsp3) is 0.500. The number of allylic oxidation sites excluding steroid dienone is 2. The molecule has 0 saturated carbocycles. The highest BCUT2D eigenvalue weighted by molar-refractivity contribution is 5.17. The number of hydrogen-bond donors (Lipinski definition) is 2. The lowest BCUT2D eigenvalue weighted by Gasteiger charge is -2.27. The van der Waals surface area contributed by atoms with E-state index in [-0.39, 0.29) is 12.1 Å². The molecular weight excluding hydrogens is 126 g/mol. The lowest BCUT2D eigenvalue weighted by Crippen LogP contribution is -2.38. The maximum Gasteiger partial charge on any atom is 0.0547 e. The van der Waals surface area contributed by atoms with Gasteiger partial charge in [0.15, 0.2) is 0 Å². The van der Waals surface area contributed by atoms with Crippen molar-refractivity contribution in [1.29, 1.82) is 0 Å². The Hall–Kier alpha value is -0.760. The Morgan fingerprint density at radius 1 is 1.50 bits per heavy atom. The lowest BCUT2D eigenvalue weighted by atomic mass is 9.96. The zero-order valence-corrected chi connectivity index (χ0v) is 6.17. The van der Waals surface area contributed by atoms with Crippen molar-refractivity contribution in [2.45, 2.75) is 18.9 Å². The van der Waals surface area contributed by atoms with Crippen molar-refractivity contribution in [2.24, 2.45) is 0 Å². The molecule has 0 spiro atoms. The van der Waals surface area contributed by atoms with Crippen LogP contribution in [0.5, 0.6) is 0 Å². The molecule has 1 aliphatic rings. The van der Waals surface area contributed by atoms with Gasteiger partial charge in [-0.25, -0.2) is 0 Å². The molecule has 1 atom stereocenters. The minimum atomic E-state index is -0.0382. The van der Waals surface area contributed by atoms with Crippen LogP contribution in [-0.2, 0) is 0 Å². The third kappa shape index (κ3) is 1.61. The standard InChI is InChI=1S/C8H13NO/c1-8(5-7-10)4-2-3-6-9-8/h2-4,6,9-10H,5,7H2,1H3. The molecule has 10 heavy (non-hydrogen) atoms.